The minimum absolute atomic E-state index is 0.218. The molecule has 0 radical (unpaired) electrons. The minimum Gasteiger partial charge on any atom is -0.359 e. The zero-order valence-electron chi connectivity index (χ0n) is 9.41. The fraction of sp³-hybridized carbons (Fsp3) is 0.231. The monoisotopic (exact) mass is 239 g/mol. The lowest BCUT2D eigenvalue weighted by atomic mass is 9.98. The third-order valence-electron chi connectivity index (χ3n) is 2.79. The molecule has 0 unspecified atom stereocenters. The number of halogens is 3. The van der Waals surface area contributed by atoms with Gasteiger partial charge >= 0.3 is 0 Å². The van der Waals surface area contributed by atoms with E-state index < -0.39 is 17.5 Å². The second-order valence-electron chi connectivity index (χ2n) is 4.13. The molecule has 0 fully saturated rings. The van der Waals surface area contributed by atoms with Crippen LogP contribution >= 0.6 is 0 Å². The maximum Gasteiger partial charge on any atom is 0.138 e. The van der Waals surface area contributed by atoms with E-state index in [4.69, 9.17) is 0 Å². The van der Waals surface area contributed by atoms with Crippen LogP contribution in [0.4, 0.5) is 13.2 Å². The average molecular weight is 239 g/mol. The average Bonchev–Trinajstić information content (AvgIpc) is 2.21. The van der Waals surface area contributed by atoms with E-state index in [0.29, 0.717) is 29.9 Å². The van der Waals surface area contributed by atoms with Gasteiger partial charge < -0.3 is 5.32 Å². The summed E-state index contributed by atoms with van der Waals surface area (Å²) in [6.45, 7) is 5.53. The fourth-order valence-corrected chi connectivity index (χ4v) is 1.87. The Morgan fingerprint density at radius 1 is 1.12 bits per heavy atom. The lowest BCUT2D eigenvalue weighted by Crippen LogP contribution is -2.19. The molecule has 1 N–H and O–H groups in total. The first-order valence-corrected chi connectivity index (χ1v) is 5.28. The summed E-state index contributed by atoms with van der Waals surface area (Å²) in [5.41, 5.74) is 1.68. The van der Waals surface area contributed by atoms with Crippen molar-refractivity contribution in [1.82, 2.24) is 5.32 Å². The molecule has 0 bridgehead atoms. The zero-order chi connectivity index (χ0) is 12.6. The Labute approximate surface area is 97.6 Å². The molecular formula is C13H12F3N. The molecule has 1 aromatic rings. The molecule has 0 saturated carbocycles. The van der Waals surface area contributed by atoms with E-state index in [1.807, 2.05) is 0 Å². The van der Waals surface area contributed by atoms with Crippen molar-refractivity contribution in [3.63, 3.8) is 0 Å². The van der Waals surface area contributed by atoms with Crippen molar-refractivity contribution in [2.45, 2.75) is 19.8 Å². The van der Waals surface area contributed by atoms with Crippen LogP contribution in [-0.2, 0) is 0 Å². The largest absolute Gasteiger partial charge is 0.359 e. The molecule has 1 aliphatic rings. The Morgan fingerprint density at radius 3 is 2.29 bits per heavy atom. The molecule has 2 rings (SSSR count). The summed E-state index contributed by atoms with van der Waals surface area (Å²) in [6.07, 6.45) is 1.43. The molecule has 4 heteroatoms. The Bertz CT molecular complexity index is 494. The topological polar surface area (TPSA) is 12.0 Å². The Hall–Kier alpha value is -1.71. The van der Waals surface area contributed by atoms with Gasteiger partial charge in [0.1, 0.15) is 17.5 Å². The van der Waals surface area contributed by atoms with E-state index in [1.165, 1.54) is 0 Å². The summed E-state index contributed by atoms with van der Waals surface area (Å²) in [5, 5.41) is 2.87. The van der Waals surface area contributed by atoms with Crippen molar-refractivity contribution in [3.05, 3.63) is 53.0 Å². The highest BCUT2D eigenvalue weighted by Gasteiger charge is 2.20. The van der Waals surface area contributed by atoms with E-state index >= 15 is 0 Å². The van der Waals surface area contributed by atoms with E-state index in [0.717, 1.165) is 12.0 Å². The Balaban J connectivity index is 2.57. The Kier molecular flexibility index (Phi) is 2.96. The van der Waals surface area contributed by atoms with E-state index in [-0.39, 0.29) is 5.56 Å². The predicted octanol–water partition coefficient (Wildman–Crippen LogP) is 3.73. The van der Waals surface area contributed by atoms with Crippen LogP contribution in [0.5, 0.6) is 0 Å². The molecule has 0 aliphatic carbocycles. The van der Waals surface area contributed by atoms with Gasteiger partial charge in [-0.05, 0) is 25.3 Å². The highest BCUT2D eigenvalue weighted by Crippen LogP contribution is 2.30. The van der Waals surface area contributed by atoms with Crippen LogP contribution in [0.15, 0.2) is 30.0 Å². The fourth-order valence-electron chi connectivity index (χ4n) is 1.87. The van der Waals surface area contributed by atoms with Crippen LogP contribution in [0.1, 0.15) is 25.3 Å². The molecule has 0 aromatic heterocycles. The number of hydrogen-bond donors (Lipinski definition) is 1. The van der Waals surface area contributed by atoms with Crippen molar-refractivity contribution in [2.24, 2.45) is 0 Å². The maximum absolute atomic E-state index is 13.6. The van der Waals surface area contributed by atoms with Crippen LogP contribution in [-0.4, -0.2) is 0 Å². The number of allylic oxidation sites excluding steroid dienone is 2. The maximum atomic E-state index is 13.6. The second kappa shape index (κ2) is 4.28. The summed E-state index contributed by atoms with van der Waals surface area (Å²) in [4.78, 5) is 0. The standard InChI is InChI=1S/C13H12F3N/c1-7-3-4-8(2)17-13(7)12-10(15)5-9(14)6-11(12)16/h5-6,17H,2-4H2,1H3. The zero-order valence-corrected chi connectivity index (χ0v) is 9.41. The van der Waals surface area contributed by atoms with Gasteiger partial charge in [-0.15, -0.1) is 0 Å². The van der Waals surface area contributed by atoms with Crippen LogP contribution < -0.4 is 5.32 Å². The molecule has 1 nitrogen and oxygen atoms in total. The van der Waals surface area contributed by atoms with Crippen LogP contribution in [0.3, 0.4) is 0 Å². The number of hydrogen-bond acceptors (Lipinski definition) is 1. The van der Waals surface area contributed by atoms with Crippen molar-refractivity contribution in [1.29, 1.82) is 0 Å². The van der Waals surface area contributed by atoms with Crippen molar-refractivity contribution in [2.75, 3.05) is 0 Å². The van der Waals surface area contributed by atoms with Gasteiger partial charge in [0.05, 0.1) is 11.3 Å². The normalized spacial score (nSPS) is 16.1. The van der Waals surface area contributed by atoms with Gasteiger partial charge in [0.25, 0.3) is 0 Å². The quantitative estimate of drug-likeness (QED) is 0.787. The first-order chi connectivity index (χ1) is 7.99. The molecular weight excluding hydrogens is 227 g/mol. The molecule has 90 valence electrons. The molecule has 0 amide bonds. The highest BCUT2D eigenvalue weighted by molar-refractivity contribution is 5.70. The van der Waals surface area contributed by atoms with E-state index in [2.05, 4.69) is 11.9 Å². The molecule has 1 heterocycles. The summed E-state index contributed by atoms with van der Waals surface area (Å²) < 4.78 is 40.0. The van der Waals surface area contributed by atoms with Crippen LogP contribution in [0, 0.1) is 17.5 Å². The summed E-state index contributed by atoms with van der Waals surface area (Å²) in [7, 11) is 0. The lowest BCUT2D eigenvalue weighted by Gasteiger charge is -2.22. The minimum atomic E-state index is -0.920. The third kappa shape index (κ3) is 2.20. The van der Waals surface area contributed by atoms with Crippen LogP contribution in [0.25, 0.3) is 5.70 Å². The first-order valence-electron chi connectivity index (χ1n) is 5.28. The smallest absolute Gasteiger partial charge is 0.138 e. The third-order valence-corrected chi connectivity index (χ3v) is 2.79. The first kappa shape index (κ1) is 11.8. The summed E-state index contributed by atoms with van der Waals surface area (Å²) >= 11 is 0. The van der Waals surface area contributed by atoms with Gasteiger partial charge in [0.15, 0.2) is 0 Å². The number of nitrogens with one attached hydrogen (secondary N) is 1. The lowest BCUT2D eigenvalue weighted by molar-refractivity contribution is 0.536. The van der Waals surface area contributed by atoms with Gasteiger partial charge in [0, 0.05) is 17.8 Å². The van der Waals surface area contributed by atoms with Crippen LogP contribution in [0.2, 0.25) is 0 Å². The molecule has 1 aliphatic heterocycles. The van der Waals surface area contributed by atoms with Gasteiger partial charge in [-0.3, -0.25) is 0 Å². The second-order valence-corrected chi connectivity index (χ2v) is 4.13. The Morgan fingerprint density at radius 2 is 1.71 bits per heavy atom. The van der Waals surface area contributed by atoms with Gasteiger partial charge in [-0.25, -0.2) is 13.2 Å². The number of benzene rings is 1. The van der Waals surface area contributed by atoms with Gasteiger partial charge in [-0.1, -0.05) is 6.58 Å². The molecule has 0 saturated heterocycles. The summed E-state index contributed by atoms with van der Waals surface area (Å²) in [5.74, 6) is -2.73. The van der Waals surface area contributed by atoms with Gasteiger partial charge in [-0.2, -0.15) is 0 Å². The number of rotatable bonds is 1. The van der Waals surface area contributed by atoms with E-state index in [9.17, 15) is 13.2 Å². The molecule has 17 heavy (non-hydrogen) atoms. The SMILES string of the molecule is C=C1CCC(C)=C(c2c(F)cc(F)cc2F)N1. The molecule has 0 spiro atoms. The van der Waals surface area contributed by atoms with E-state index in [1.54, 1.807) is 6.92 Å². The van der Waals surface area contributed by atoms with Gasteiger partial charge in [0.2, 0.25) is 0 Å². The van der Waals surface area contributed by atoms with Crippen molar-refractivity contribution >= 4 is 5.70 Å². The molecule has 0 atom stereocenters. The van der Waals surface area contributed by atoms with Crippen molar-refractivity contribution in [3.8, 4) is 0 Å². The summed E-state index contributed by atoms with van der Waals surface area (Å²) in [6, 6.07) is 1.36. The van der Waals surface area contributed by atoms with Crippen molar-refractivity contribution < 1.29 is 13.2 Å². The molecule has 1 aromatic carbocycles. The highest BCUT2D eigenvalue weighted by atomic mass is 19.1. The predicted molar refractivity (Wildman–Crippen MR) is 60.4 cm³/mol.